The summed E-state index contributed by atoms with van der Waals surface area (Å²) in [5, 5.41) is 18.3. The van der Waals surface area contributed by atoms with Crippen molar-refractivity contribution in [3.05, 3.63) is 0 Å². The van der Waals surface area contributed by atoms with Gasteiger partial charge in [-0.3, -0.25) is 18.6 Å². The normalized spacial score (nSPS) is 13.9. The maximum atomic E-state index is 12.5. The molecule has 52 heavy (non-hydrogen) atoms. The second-order valence-corrected chi connectivity index (χ2v) is 16.2. The molecule has 0 saturated heterocycles. The third kappa shape index (κ3) is 37.3. The van der Waals surface area contributed by atoms with Crippen molar-refractivity contribution in [2.75, 3.05) is 26.4 Å². The van der Waals surface area contributed by atoms with Gasteiger partial charge in [0.05, 0.1) is 19.8 Å². The van der Waals surface area contributed by atoms with Gasteiger partial charge < -0.3 is 24.6 Å². The number of rotatable bonds is 41. The molecule has 310 valence electrons. The fourth-order valence-electron chi connectivity index (χ4n) is 6.17. The Balaban J connectivity index is 4.20. The molecule has 0 saturated carbocycles. The number of unbranched alkanes of at least 4 members (excludes halogenated alkanes) is 27. The molecule has 1 unspecified atom stereocenters. The number of phosphoric acid groups is 1. The number of aliphatic hydroxyl groups is 2. The van der Waals surface area contributed by atoms with Crippen LogP contribution in [-0.4, -0.2) is 65.7 Å². The van der Waals surface area contributed by atoms with Crippen molar-refractivity contribution in [2.24, 2.45) is 0 Å². The predicted octanol–water partition coefficient (Wildman–Crippen LogP) is 11.1. The highest BCUT2D eigenvalue weighted by Gasteiger charge is 2.27. The van der Waals surface area contributed by atoms with E-state index in [1.54, 1.807) is 0 Å². The standard InChI is InChI=1S/C41H81O10P/c1-3-5-7-9-11-13-15-16-17-18-19-20-21-23-24-26-28-30-32-40(44)48-36-39(37-50-52(46,47)49-35-38(43)34-42)51-41(45)33-31-29-27-25-22-14-12-10-8-6-4-2/h38-39,42-43H,3-37H2,1-2H3,(H,46,47)/t38-,39+/m1/s1. The second-order valence-electron chi connectivity index (χ2n) is 14.7. The molecule has 0 aromatic carbocycles. The summed E-state index contributed by atoms with van der Waals surface area (Å²) in [7, 11) is -4.60. The molecule has 11 heteroatoms. The van der Waals surface area contributed by atoms with E-state index in [0.717, 1.165) is 32.1 Å². The first-order valence-electron chi connectivity index (χ1n) is 21.5. The lowest BCUT2D eigenvalue weighted by molar-refractivity contribution is -0.161. The van der Waals surface area contributed by atoms with E-state index in [0.29, 0.717) is 12.8 Å². The molecule has 0 aliphatic carbocycles. The van der Waals surface area contributed by atoms with Crippen molar-refractivity contribution in [1.82, 2.24) is 0 Å². The fraction of sp³-hybridized carbons (Fsp3) is 0.951. The maximum Gasteiger partial charge on any atom is 0.472 e. The number of aliphatic hydroxyl groups excluding tert-OH is 2. The lowest BCUT2D eigenvalue weighted by Gasteiger charge is -2.20. The molecular weight excluding hydrogens is 683 g/mol. The van der Waals surface area contributed by atoms with E-state index in [1.165, 1.54) is 141 Å². The minimum atomic E-state index is -4.60. The van der Waals surface area contributed by atoms with E-state index in [2.05, 4.69) is 18.4 Å². The zero-order chi connectivity index (χ0) is 38.4. The summed E-state index contributed by atoms with van der Waals surface area (Å²) in [6.45, 7) is 2.40. The summed E-state index contributed by atoms with van der Waals surface area (Å²) in [5.74, 6) is -0.911. The van der Waals surface area contributed by atoms with E-state index in [9.17, 15) is 24.2 Å². The van der Waals surface area contributed by atoms with Gasteiger partial charge in [0.2, 0.25) is 0 Å². The number of carbonyl (C=O) groups is 2. The quantitative estimate of drug-likeness (QED) is 0.0312. The Kier molecular flexibility index (Phi) is 37.5. The van der Waals surface area contributed by atoms with Crippen LogP contribution in [0, 0.1) is 0 Å². The third-order valence-corrected chi connectivity index (χ3v) is 10.5. The van der Waals surface area contributed by atoms with Crippen LogP contribution >= 0.6 is 7.82 Å². The molecule has 0 aliphatic rings. The summed E-state index contributed by atoms with van der Waals surface area (Å²) in [6, 6.07) is 0. The van der Waals surface area contributed by atoms with Crippen molar-refractivity contribution in [1.29, 1.82) is 0 Å². The van der Waals surface area contributed by atoms with Crippen LogP contribution in [0.4, 0.5) is 0 Å². The van der Waals surface area contributed by atoms with Crippen LogP contribution in [0.15, 0.2) is 0 Å². The number of esters is 2. The van der Waals surface area contributed by atoms with Crippen LogP contribution in [0.3, 0.4) is 0 Å². The summed E-state index contributed by atoms with van der Waals surface area (Å²) >= 11 is 0. The molecule has 10 nitrogen and oxygen atoms in total. The summed E-state index contributed by atoms with van der Waals surface area (Å²) in [5.41, 5.74) is 0. The van der Waals surface area contributed by atoms with Gasteiger partial charge in [-0.15, -0.1) is 0 Å². The molecule has 3 atom stereocenters. The smallest absolute Gasteiger partial charge is 0.462 e. The Morgan fingerprint density at radius 2 is 0.827 bits per heavy atom. The van der Waals surface area contributed by atoms with Crippen LogP contribution in [0.1, 0.15) is 213 Å². The van der Waals surface area contributed by atoms with Crippen molar-refractivity contribution in [3.63, 3.8) is 0 Å². The molecule has 0 aliphatic heterocycles. The summed E-state index contributed by atoms with van der Waals surface area (Å²) < 4.78 is 32.7. The van der Waals surface area contributed by atoms with Gasteiger partial charge in [-0.05, 0) is 12.8 Å². The highest BCUT2D eigenvalue weighted by molar-refractivity contribution is 7.47. The highest BCUT2D eigenvalue weighted by Crippen LogP contribution is 2.43. The van der Waals surface area contributed by atoms with E-state index < -0.39 is 51.8 Å². The highest BCUT2D eigenvalue weighted by atomic mass is 31.2. The van der Waals surface area contributed by atoms with Crippen LogP contribution in [0.5, 0.6) is 0 Å². The Hall–Kier alpha value is -1.03. The van der Waals surface area contributed by atoms with Gasteiger partial charge in [-0.1, -0.05) is 187 Å². The Morgan fingerprint density at radius 1 is 0.500 bits per heavy atom. The van der Waals surface area contributed by atoms with Crippen LogP contribution in [0.2, 0.25) is 0 Å². The molecule has 0 aromatic rings. The van der Waals surface area contributed by atoms with Crippen LogP contribution in [0.25, 0.3) is 0 Å². The topological polar surface area (TPSA) is 149 Å². The first-order chi connectivity index (χ1) is 25.2. The minimum absolute atomic E-state index is 0.191. The SMILES string of the molecule is CCCCCCCCCCCCCCCCCCCCC(=O)OC[C@@H](COP(=O)(O)OC[C@H](O)CO)OC(=O)CCCCCCCCCCCCC. The van der Waals surface area contributed by atoms with Crippen molar-refractivity contribution >= 4 is 19.8 Å². The van der Waals surface area contributed by atoms with Gasteiger partial charge in [-0.2, -0.15) is 0 Å². The molecule has 3 N–H and O–H groups in total. The van der Waals surface area contributed by atoms with E-state index in [1.807, 2.05) is 0 Å². The zero-order valence-corrected chi connectivity index (χ0v) is 34.4. The molecule has 0 fully saturated rings. The van der Waals surface area contributed by atoms with Gasteiger partial charge in [0.15, 0.2) is 6.10 Å². The van der Waals surface area contributed by atoms with Crippen LogP contribution in [-0.2, 0) is 32.7 Å². The van der Waals surface area contributed by atoms with Gasteiger partial charge in [0.25, 0.3) is 0 Å². The fourth-order valence-corrected chi connectivity index (χ4v) is 6.96. The number of hydrogen-bond donors (Lipinski definition) is 3. The molecule has 0 rings (SSSR count). The first kappa shape index (κ1) is 51.0. The predicted molar refractivity (Wildman–Crippen MR) is 210 cm³/mol. The zero-order valence-electron chi connectivity index (χ0n) is 33.6. The van der Waals surface area contributed by atoms with E-state index in [-0.39, 0.29) is 19.4 Å². The Morgan fingerprint density at radius 3 is 1.19 bits per heavy atom. The number of carbonyl (C=O) groups excluding carboxylic acids is 2. The lowest BCUT2D eigenvalue weighted by atomic mass is 10.0. The van der Waals surface area contributed by atoms with Crippen LogP contribution < -0.4 is 0 Å². The van der Waals surface area contributed by atoms with Crippen molar-refractivity contribution in [2.45, 2.75) is 225 Å². The molecule has 0 amide bonds. The van der Waals surface area contributed by atoms with Crippen molar-refractivity contribution < 1.29 is 47.8 Å². The molecule has 0 spiro atoms. The molecule has 0 radical (unpaired) electrons. The molecular formula is C41H81O10P. The second kappa shape index (κ2) is 38.3. The summed E-state index contributed by atoms with van der Waals surface area (Å²) in [4.78, 5) is 34.9. The van der Waals surface area contributed by atoms with Crippen molar-refractivity contribution in [3.8, 4) is 0 Å². The Labute approximate surface area is 318 Å². The molecule has 0 aromatic heterocycles. The number of ether oxygens (including phenoxy) is 2. The monoisotopic (exact) mass is 765 g/mol. The minimum Gasteiger partial charge on any atom is -0.462 e. The number of phosphoric ester groups is 1. The lowest BCUT2D eigenvalue weighted by Crippen LogP contribution is -2.29. The molecule has 0 bridgehead atoms. The number of hydrogen-bond acceptors (Lipinski definition) is 9. The van der Waals surface area contributed by atoms with Gasteiger partial charge in [0, 0.05) is 12.8 Å². The maximum absolute atomic E-state index is 12.5. The largest absolute Gasteiger partial charge is 0.472 e. The average Bonchev–Trinajstić information content (AvgIpc) is 3.13. The Bertz CT molecular complexity index is 842. The average molecular weight is 765 g/mol. The van der Waals surface area contributed by atoms with E-state index in [4.69, 9.17) is 19.1 Å². The third-order valence-electron chi connectivity index (χ3n) is 9.51. The summed E-state index contributed by atoms with van der Waals surface area (Å²) in [6.07, 6.45) is 33.6. The first-order valence-corrected chi connectivity index (χ1v) is 23.0. The van der Waals surface area contributed by atoms with E-state index >= 15 is 0 Å². The van der Waals surface area contributed by atoms with Gasteiger partial charge in [0.1, 0.15) is 12.7 Å². The molecule has 0 heterocycles. The van der Waals surface area contributed by atoms with Gasteiger partial charge in [-0.25, -0.2) is 4.57 Å². The van der Waals surface area contributed by atoms with Gasteiger partial charge >= 0.3 is 19.8 Å².